The first-order valence-corrected chi connectivity index (χ1v) is 4.52. The number of piperidine rings is 1. The number of carbonyl (C=O) groups is 2. The molecule has 1 amide bonds. The summed E-state index contributed by atoms with van der Waals surface area (Å²) >= 11 is 0. The van der Waals surface area contributed by atoms with E-state index in [4.69, 9.17) is 0 Å². The molecule has 4 heteroatoms. The zero-order chi connectivity index (χ0) is 9.84. The molecule has 13 heavy (non-hydrogen) atoms. The smallest absolute Gasteiger partial charge is 0.396 e. The molecule has 1 aliphatic rings. The highest BCUT2D eigenvalue weighted by Crippen LogP contribution is 2.15. The zero-order valence-electron chi connectivity index (χ0n) is 8.08. The van der Waals surface area contributed by atoms with E-state index < -0.39 is 11.9 Å². The van der Waals surface area contributed by atoms with Crippen molar-refractivity contribution in [2.75, 3.05) is 20.2 Å². The number of ether oxygens (including phenoxy) is 1. The van der Waals surface area contributed by atoms with Crippen molar-refractivity contribution < 1.29 is 14.3 Å². The van der Waals surface area contributed by atoms with Crippen molar-refractivity contribution in [2.45, 2.75) is 19.8 Å². The summed E-state index contributed by atoms with van der Waals surface area (Å²) in [5.41, 5.74) is 0. The summed E-state index contributed by atoms with van der Waals surface area (Å²) < 4.78 is 4.37. The Morgan fingerprint density at radius 2 is 2.15 bits per heavy atom. The van der Waals surface area contributed by atoms with Crippen LogP contribution in [0.1, 0.15) is 19.8 Å². The fourth-order valence-corrected chi connectivity index (χ4v) is 1.59. The van der Waals surface area contributed by atoms with Crippen LogP contribution in [0.2, 0.25) is 0 Å². The van der Waals surface area contributed by atoms with Crippen LogP contribution < -0.4 is 0 Å². The Labute approximate surface area is 77.8 Å². The molecule has 0 aromatic heterocycles. The molecule has 1 atom stereocenters. The number of carbonyl (C=O) groups excluding carboxylic acids is 2. The normalized spacial score (nSPS) is 22.6. The van der Waals surface area contributed by atoms with Gasteiger partial charge in [-0.1, -0.05) is 6.92 Å². The molecule has 0 N–H and O–H groups in total. The van der Waals surface area contributed by atoms with Crippen molar-refractivity contribution >= 4 is 11.9 Å². The van der Waals surface area contributed by atoms with E-state index in [-0.39, 0.29) is 0 Å². The Morgan fingerprint density at radius 3 is 2.69 bits per heavy atom. The van der Waals surface area contributed by atoms with Crippen LogP contribution in [0.5, 0.6) is 0 Å². The highest BCUT2D eigenvalue weighted by Gasteiger charge is 2.26. The molecule has 0 spiro atoms. The molecule has 4 nitrogen and oxygen atoms in total. The van der Waals surface area contributed by atoms with Gasteiger partial charge in [-0.25, -0.2) is 4.79 Å². The third kappa shape index (κ3) is 2.44. The third-order valence-electron chi connectivity index (χ3n) is 2.30. The molecule has 1 fully saturated rings. The highest BCUT2D eigenvalue weighted by molar-refractivity contribution is 6.32. The first kappa shape index (κ1) is 10.0. The monoisotopic (exact) mass is 185 g/mol. The zero-order valence-corrected chi connectivity index (χ0v) is 8.08. The molecule has 1 heterocycles. The van der Waals surface area contributed by atoms with Crippen molar-refractivity contribution in [3.63, 3.8) is 0 Å². The second-order valence-electron chi connectivity index (χ2n) is 3.49. The van der Waals surface area contributed by atoms with Crippen molar-refractivity contribution in [1.82, 2.24) is 4.90 Å². The van der Waals surface area contributed by atoms with E-state index in [1.165, 1.54) is 7.11 Å². The van der Waals surface area contributed by atoms with Crippen LogP contribution in [0.4, 0.5) is 0 Å². The fourth-order valence-electron chi connectivity index (χ4n) is 1.59. The molecule has 0 unspecified atom stereocenters. The number of amides is 1. The second kappa shape index (κ2) is 4.25. The summed E-state index contributed by atoms with van der Waals surface area (Å²) in [5.74, 6) is -0.773. The van der Waals surface area contributed by atoms with Gasteiger partial charge in [-0.15, -0.1) is 0 Å². The topological polar surface area (TPSA) is 46.6 Å². The van der Waals surface area contributed by atoms with E-state index >= 15 is 0 Å². The average Bonchev–Trinajstić information content (AvgIpc) is 2.15. The average molecular weight is 185 g/mol. The summed E-state index contributed by atoms with van der Waals surface area (Å²) in [6, 6.07) is 0. The predicted octanol–water partition coefficient (Wildman–Crippen LogP) is 0.418. The van der Waals surface area contributed by atoms with Crippen molar-refractivity contribution in [3.8, 4) is 0 Å². The Bertz CT molecular complexity index is 215. The van der Waals surface area contributed by atoms with Gasteiger partial charge in [-0.05, 0) is 18.8 Å². The predicted molar refractivity (Wildman–Crippen MR) is 47.0 cm³/mol. The number of esters is 1. The lowest BCUT2D eigenvalue weighted by molar-refractivity contribution is -0.159. The molecule has 0 radical (unpaired) electrons. The Balaban J connectivity index is 2.51. The minimum atomic E-state index is -0.755. The van der Waals surface area contributed by atoms with Crippen LogP contribution in [0, 0.1) is 5.92 Å². The maximum absolute atomic E-state index is 11.3. The maximum Gasteiger partial charge on any atom is 0.396 e. The van der Waals surface area contributed by atoms with E-state index in [2.05, 4.69) is 11.7 Å². The molecule has 0 saturated carbocycles. The van der Waals surface area contributed by atoms with Crippen LogP contribution in [0.25, 0.3) is 0 Å². The van der Waals surface area contributed by atoms with Gasteiger partial charge in [0.15, 0.2) is 0 Å². The van der Waals surface area contributed by atoms with Gasteiger partial charge in [0, 0.05) is 13.1 Å². The first-order chi connectivity index (χ1) is 6.15. The molecule has 0 bridgehead atoms. The van der Waals surface area contributed by atoms with Gasteiger partial charge in [0.1, 0.15) is 0 Å². The summed E-state index contributed by atoms with van der Waals surface area (Å²) in [6.45, 7) is 3.43. The fraction of sp³-hybridized carbons (Fsp3) is 0.778. The Hall–Kier alpha value is -1.06. The number of rotatable bonds is 0. The van der Waals surface area contributed by atoms with Gasteiger partial charge in [-0.3, -0.25) is 4.79 Å². The quantitative estimate of drug-likeness (QED) is 0.406. The van der Waals surface area contributed by atoms with Gasteiger partial charge < -0.3 is 9.64 Å². The Morgan fingerprint density at radius 1 is 1.46 bits per heavy atom. The van der Waals surface area contributed by atoms with E-state index in [0.717, 1.165) is 12.8 Å². The molecule has 1 aliphatic heterocycles. The van der Waals surface area contributed by atoms with Crippen LogP contribution in [0.15, 0.2) is 0 Å². The van der Waals surface area contributed by atoms with E-state index in [0.29, 0.717) is 19.0 Å². The molecular formula is C9H15NO3. The van der Waals surface area contributed by atoms with Gasteiger partial charge in [0.2, 0.25) is 0 Å². The second-order valence-corrected chi connectivity index (χ2v) is 3.49. The molecule has 0 aliphatic carbocycles. The van der Waals surface area contributed by atoms with E-state index in [1.54, 1.807) is 4.90 Å². The minimum absolute atomic E-state index is 0.488. The van der Waals surface area contributed by atoms with Gasteiger partial charge >= 0.3 is 11.9 Å². The van der Waals surface area contributed by atoms with Crippen molar-refractivity contribution in [3.05, 3.63) is 0 Å². The van der Waals surface area contributed by atoms with Gasteiger partial charge in [-0.2, -0.15) is 0 Å². The van der Waals surface area contributed by atoms with Gasteiger partial charge in [0.25, 0.3) is 0 Å². The lowest BCUT2D eigenvalue weighted by Gasteiger charge is -2.29. The first-order valence-electron chi connectivity index (χ1n) is 4.52. The van der Waals surface area contributed by atoms with Crippen LogP contribution in [0.3, 0.4) is 0 Å². The number of hydrogen-bond donors (Lipinski definition) is 0. The Kier molecular flexibility index (Phi) is 3.28. The van der Waals surface area contributed by atoms with Crippen LogP contribution in [-0.4, -0.2) is 37.0 Å². The summed E-state index contributed by atoms with van der Waals surface area (Å²) in [7, 11) is 1.23. The lowest BCUT2D eigenvalue weighted by atomic mass is 10.0. The van der Waals surface area contributed by atoms with Gasteiger partial charge in [0.05, 0.1) is 7.11 Å². The molecule has 74 valence electrons. The molecule has 1 rings (SSSR count). The summed E-state index contributed by atoms with van der Waals surface area (Å²) in [5, 5.41) is 0. The van der Waals surface area contributed by atoms with Crippen molar-refractivity contribution in [2.24, 2.45) is 5.92 Å². The molecule has 0 aromatic rings. The van der Waals surface area contributed by atoms with E-state index in [9.17, 15) is 9.59 Å². The van der Waals surface area contributed by atoms with Crippen LogP contribution in [-0.2, 0) is 14.3 Å². The number of methoxy groups -OCH3 is 1. The number of nitrogens with zero attached hydrogens (tertiary/aromatic N) is 1. The van der Waals surface area contributed by atoms with E-state index in [1.807, 2.05) is 0 Å². The van der Waals surface area contributed by atoms with Crippen molar-refractivity contribution in [1.29, 1.82) is 0 Å². The molecule has 0 aromatic carbocycles. The minimum Gasteiger partial charge on any atom is -0.462 e. The maximum atomic E-state index is 11.3. The number of hydrogen-bond acceptors (Lipinski definition) is 3. The summed E-state index contributed by atoms with van der Waals surface area (Å²) in [4.78, 5) is 23.8. The SMILES string of the molecule is COC(=O)C(=O)N1CCC[C@H](C)C1. The lowest BCUT2D eigenvalue weighted by Crippen LogP contribution is -2.43. The largest absolute Gasteiger partial charge is 0.462 e. The number of likely N-dealkylation sites (tertiary alicyclic amines) is 1. The van der Waals surface area contributed by atoms with Crippen LogP contribution >= 0.6 is 0 Å². The third-order valence-corrected chi connectivity index (χ3v) is 2.30. The highest BCUT2D eigenvalue weighted by atomic mass is 16.5. The standard InChI is InChI=1S/C9H15NO3/c1-7-4-3-5-10(6-7)8(11)9(12)13-2/h7H,3-6H2,1-2H3/t7-/m0/s1. The molecular weight excluding hydrogens is 170 g/mol. The molecule has 1 saturated heterocycles. The summed E-state index contributed by atoms with van der Waals surface area (Å²) in [6.07, 6.45) is 2.11.